The molecule has 0 saturated carbocycles. The highest BCUT2D eigenvalue weighted by molar-refractivity contribution is 6.05. The van der Waals surface area contributed by atoms with Gasteiger partial charge in [0, 0.05) is 6.42 Å². The third kappa shape index (κ3) is 1.63. The normalized spacial score (nSPS) is 19.8. The largest absolute Gasteiger partial charge is 0.480 e. The predicted octanol–water partition coefficient (Wildman–Crippen LogP) is 1.51. The second kappa shape index (κ2) is 3.46. The number of carboxylic acids is 1. The van der Waals surface area contributed by atoms with E-state index in [1.54, 1.807) is 0 Å². The molecule has 0 heterocycles. The summed E-state index contributed by atoms with van der Waals surface area (Å²) in [5.41, 5.74) is 1.06. The highest BCUT2D eigenvalue weighted by Gasteiger charge is 2.33. The molecule has 1 aromatic rings. The lowest BCUT2D eigenvalue weighted by Gasteiger charge is -2.20. The number of aliphatic carboxylic acids is 1. The van der Waals surface area contributed by atoms with Crippen LogP contribution < -0.4 is 0 Å². The van der Waals surface area contributed by atoms with Gasteiger partial charge in [-0.2, -0.15) is 0 Å². The number of carbonyl (C=O) groups excluding carboxylic acids is 1. The summed E-state index contributed by atoms with van der Waals surface area (Å²) in [7, 11) is 0. The maximum atomic E-state index is 12.9. The van der Waals surface area contributed by atoms with Crippen molar-refractivity contribution >= 4 is 11.8 Å². The molecule has 0 fully saturated rings. The van der Waals surface area contributed by atoms with E-state index in [-0.39, 0.29) is 12.2 Å². The molecule has 0 radical (unpaired) electrons. The molecule has 1 unspecified atom stereocenters. The van der Waals surface area contributed by atoms with E-state index in [4.69, 9.17) is 5.11 Å². The van der Waals surface area contributed by atoms with Crippen molar-refractivity contribution in [1.29, 1.82) is 0 Å². The van der Waals surface area contributed by atoms with Crippen molar-refractivity contribution in [3.05, 3.63) is 35.1 Å². The maximum Gasteiger partial charge on any atom is 0.318 e. The van der Waals surface area contributed by atoms with Crippen molar-refractivity contribution in [2.45, 2.75) is 18.8 Å². The first-order valence-electron chi connectivity index (χ1n) is 4.63. The van der Waals surface area contributed by atoms with Gasteiger partial charge in [-0.1, -0.05) is 6.07 Å². The van der Waals surface area contributed by atoms with Gasteiger partial charge in [-0.15, -0.1) is 0 Å². The molecule has 1 aliphatic carbocycles. The van der Waals surface area contributed by atoms with Crippen molar-refractivity contribution in [2.24, 2.45) is 0 Å². The maximum absolute atomic E-state index is 12.9. The summed E-state index contributed by atoms with van der Waals surface area (Å²) in [5, 5.41) is 8.91. The van der Waals surface area contributed by atoms with Crippen LogP contribution in [0.4, 0.5) is 4.39 Å². The van der Waals surface area contributed by atoms with E-state index >= 15 is 0 Å². The Morgan fingerprint density at radius 1 is 1.40 bits per heavy atom. The molecule has 1 atom stereocenters. The van der Waals surface area contributed by atoms with Crippen LogP contribution in [0.1, 0.15) is 23.5 Å². The van der Waals surface area contributed by atoms with Crippen LogP contribution in [0.15, 0.2) is 18.2 Å². The third-order valence-electron chi connectivity index (χ3n) is 2.63. The van der Waals surface area contributed by atoms with Crippen LogP contribution in [0.5, 0.6) is 0 Å². The zero-order valence-electron chi connectivity index (χ0n) is 7.87. The minimum atomic E-state index is -1.16. The quantitative estimate of drug-likeness (QED) is 0.711. The summed E-state index contributed by atoms with van der Waals surface area (Å²) in [4.78, 5) is 22.3. The predicted molar refractivity (Wildman–Crippen MR) is 50.1 cm³/mol. The van der Waals surface area contributed by atoms with Gasteiger partial charge in [0.25, 0.3) is 0 Å². The molecule has 2 rings (SSSR count). The summed E-state index contributed by atoms with van der Waals surface area (Å²) < 4.78 is 12.9. The van der Waals surface area contributed by atoms with Crippen LogP contribution in [-0.2, 0) is 16.0 Å². The molecule has 0 aliphatic heterocycles. The van der Waals surface area contributed by atoms with Crippen LogP contribution in [-0.4, -0.2) is 16.9 Å². The number of Topliss-reactive ketones (excluding diaryl/α,β-unsaturated/α-hetero) is 1. The molecule has 0 aromatic heterocycles. The van der Waals surface area contributed by atoms with Gasteiger partial charge >= 0.3 is 5.97 Å². The number of ketones is 1. The van der Waals surface area contributed by atoms with Gasteiger partial charge < -0.3 is 5.11 Å². The monoisotopic (exact) mass is 208 g/mol. The molecule has 0 bridgehead atoms. The highest BCUT2D eigenvalue weighted by Crippen LogP contribution is 2.29. The van der Waals surface area contributed by atoms with Crippen molar-refractivity contribution in [3.8, 4) is 0 Å². The number of carboxylic acid groups (broad SMARTS) is 1. The van der Waals surface area contributed by atoms with Gasteiger partial charge in [0.1, 0.15) is 11.7 Å². The lowest BCUT2D eigenvalue weighted by atomic mass is 9.82. The molecule has 3 nitrogen and oxygen atoms in total. The molecule has 0 spiro atoms. The minimum absolute atomic E-state index is 0.174. The Hall–Kier alpha value is -1.71. The zero-order valence-corrected chi connectivity index (χ0v) is 7.87. The number of aryl methyl sites for hydroxylation is 1. The van der Waals surface area contributed by atoms with E-state index in [9.17, 15) is 14.0 Å². The molecule has 1 N–H and O–H groups in total. The molecule has 1 aliphatic rings. The fraction of sp³-hybridized carbons (Fsp3) is 0.273. The first-order chi connectivity index (χ1) is 7.09. The standard InChI is InChI=1S/C11H9FO3/c12-7-2-3-8-6(5-7)1-4-9(13)10(8)11(14)15/h2-3,5,10H,1,4H2,(H,14,15). The average Bonchev–Trinajstić information content (AvgIpc) is 2.17. The van der Waals surface area contributed by atoms with E-state index in [2.05, 4.69) is 0 Å². The minimum Gasteiger partial charge on any atom is -0.480 e. The molecule has 15 heavy (non-hydrogen) atoms. The van der Waals surface area contributed by atoms with Crippen LogP contribution in [0.3, 0.4) is 0 Å². The Kier molecular flexibility index (Phi) is 2.26. The Bertz CT molecular complexity index is 439. The summed E-state index contributed by atoms with van der Waals surface area (Å²) in [6.45, 7) is 0. The average molecular weight is 208 g/mol. The summed E-state index contributed by atoms with van der Waals surface area (Å²) >= 11 is 0. The second-order valence-corrected chi connectivity index (χ2v) is 3.58. The number of hydrogen-bond donors (Lipinski definition) is 1. The summed E-state index contributed by atoms with van der Waals surface area (Å²) in [6.07, 6.45) is 0.600. The number of benzene rings is 1. The first kappa shape index (κ1) is 9.83. The van der Waals surface area contributed by atoms with Gasteiger partial charge in [-0.05, 0) is 29.7 Å². The Morgan fingerprint density at radius 3 is 2.80 bits per heavy atom. The van der Waals surface area contributed by atoms with Gasteiger partial charge in [0.2, 0.25) is 0 Å². The number of hydrogen-bond acceptors (Lipinski definition) is 2. The number of fused-ring (bicyclic) bond motifs is 1. The van der Waals surface area contributed by atoms with Crippen molar-refractivity contribution < 1.29 is 19.1 Å². The van der Waals surface area contributed by atoms with Crippen LogP contribution in [0.25, 0.3) is 0 Å². The molecular formula is C11H9FO3. The Balaban J connectivity index is 2.53. The van der Waals surface area contributed by atoms with E-state index in [1.165, 1.54) is 18.2 Å². The first-order valence-corrected chi connectivity index (χ1v) is 4.63. The van der Waals surface area contributed by atoms with Crippen molar-refractivity contribution in [3.63, 3.8) is 0 Å². The van der Waals surface area contributed by atoms with Crippen LogP contribution in [0.2, 0.25) is 0 Å². The fourth-order valence-electron chi connectivity index (χ4n) is 1.92. The number of carbonyl (C=O) groups is 2. The van der Waals surface area contributed by atoms with Crippen LogP contribution >= 0.6 is 0 Å². The van der Waals surface area contributed by atoms with E-state index in [0.717, 1.165) is 0 Å². The van der Waals surface area contributed by atoms with E-state index in [0.29, 0.717) is 17.5 Å². The Morgan fingerprint density at radius 2 is 2.13 bits per heavy atom. The fourth-order valence-corrected chi connectivity index (χ4v) is 1.92. The summed E-state index contributed by atoms with van der Waals surface area (Å²) in [6, 6.07) is 3.88. The molecular weight excluding hydrogens is 199 g/mol. The lowest BCUT2D eigenvalue weighted by Crippen LogP contribution is -2.27. The van der Waals surface area contributed by atoms with Crippen LogP contribution in [0, 0.1) is 5.82 Å². The molecule has 4 heteroatoms. The van der Waals surface area contributed by atoms with Crippen molar-refractivity contribution in [1.82, 2.24) is 0 Å². The van der Waals surface area contributed by atoms with Gasteiger partial charge in [-0.3, -0.25) is 9.59 Å². The summed E-state index contributed by atoms with van der Waals surface area (Å²) in [5.74, 6) is -2.98. The smallest absolute Gasteiger partial charge is 0.318 e. The second-order valence-electron chi connectivity index (χ2n) is 3.58. The molecule has 78 valence electrons. The van der Waals surface area contributed by atoms with E-state index < -0.39 is 17.7 Å². The van der Waals surface area contributed by atoms with Gasteiger partial charge in [0.15, 0.2) is 5.78 Å². The topological polar surface area (TPSA) is 54.4 Å². The van der Waals surface area contributed by atoms with Crippen molar-refractivity contribution in [2.75, 3.05) is 0 Å². The molecule has 1 aromatic carbocycles. The Labute approximate surface area is 85.5 Å². The third-order valence-corrected chi connectivity index (χ3v) is 2.63. The zero-order chi connectivity index (χ0) is 11.0. The lowest BCUT2D eigenvalue weighted by molar-refractivity contribution is -0.142. The number of rotatable bonds is 1. The number of halogens is 1. The SMILES string of the molecule is O=C(O)C1C(=O)CCc2cc(F)ccc21. The van der Waals surface area contributed by atoms with Gasteiger partial charge in [-0.25, -0.2) is 4.39 Å². The van der Waals surface area contributed by atoms with E-state index in [1.807, 2.05) is 0 Å². The highest BCUT2D eigenvalue weighted by atomic mass is 19.1. The van der Waals surface area contributed by atoms with Gasteiger partial charge in [0.05, 0.1) is 0 Å². The molecule has 0 saturated heterocycles. The molecule has 0 amide bonds.